The first-order chi connectivity index (χ1) is 10.3. The summed E-state index contributed by atoms with van der Waals surface area (Å²) in [5, 5.41) is 16.0. The predicted molar refractivity (Wildman–Crippen MR) is 83.3 cm³/mol. The molecule has 1 atom stereocenters. The van der Waals surface area contributed by atoms with Crippen LogP contribution in [0, 0.1) is 0 Å². The van der Waals surface area contributed by atoms with E-state index in [0.29, 0.717) is 17.6 Å². The van der Waals surface area contributed by atoms with Crippen LogP contribution in [0.3, 0.4) is 0 Å². The van der Waals surface area contributed by atoms with E-state index in [-0.39, 0.29) is 5.91 Å². The highest BCUT2D eigenvalue weighted by Gasteiger charge is 2.20. The molecule has 5 nitrogen and oxygen atoms in total. The molecule has 1 aliphatic heterocycles. The number of aromatic nitrogens is 2. The highest BCUT2D eigenvalue weighted by molar-refractivity contribution is 7.15. The van der Waals surface area contributed by atoms with Crippen molar-refractivity contribution >= 4 is 22.4 Å². The molecule has 6 heteroatoms. The first-order valence-corrected chi connectivity index (χ1v) is 8.03. The van der Waals surface area contributed by atoms with E-state index in [4.69, 9.17) is 0 Å². The molecule has 0 spiro atoms. The highest BCUT2D eigenvalue weighted by Crippen LogP contribution is 2.27. The third kappa shape index (κ3) is 3.86. The Balaban J connectivity index is 1.50. The fourth-order valence-corrected chi connectivity index (χ4v) is 3.28. The van der Waals surface area contributed by atoms with E-state index in [1.54, 1.807) is 0 Å². The molecular weight excluding hydrogens is 284 g/mol. The molecule has 1 fully saturated rings. The molecule has 1 aliphatic rings. The van der Waals surface area contributed by atoms with Crippen LogP contribution in [0.25, 0.3) is 0 Å². The van der Waals surface area contributed by atoms with Crippen molar-refractivity contribution in [3.05, 3.63) is 40.9 Å². The molecule has 2 aromatic rings. The van der Waals surface area contributed by atoms with E-state index in [0.717, 1.165) is 24.4 Å². The number of nitrogens with zero attached hydrogens (tertiary/aromatic N) is 2. The number of hydrogen-bond donors (Lipinski definition) is 2. The summed E-state index contributed by atoms with van der Waals surface area (Å²) in [7, 11) is 0. The Labute approximate surface area is 127 Å². The second-order valence-electron chi connectivity index (χ2n) is 5.13. The van der Waals surface area contributed by atoms with E-state index in [9.17, 15) is 4.79 Å². The Morgan fingerprint density at radius 2 is 2.19 bits per heavy atom. The van der Waals surface area contributed by atoms with Crippen LogP contribution in [0.4, 0.5) is 5.13 Å². The molecule has 1 unspecified atom stereocenters. The average molecular weight is 302 g/mol. The van der Waals surface area contributed by atoms with Crippen LogP contribution in [0.15, 0.2) is 30.3 Å². The minimum absolute atomic E-state index is 0.0130. The van der Waals surface area contributed by atoms with Gasteiger partial charge in [-0.1, -0.05) is 41.7 Å². The summed E-state index contributed by atoms with van der Waals surface area (Å²) in [5.74, 6) is -0.0130. The monoisotopic (exact) mass is 302 g/mol. The maximum absolute atomic E-state index is 11.9. The van der Waals surface area contributed by atoms with Gasteiger partial charge in [-0.2, -0.15) is 0 Å². The lowest BCUT2D eigenvalue weighted by Gasteiger charge is -2.03. The summed E-state index contributed by atoms with van der Waals surface area (Å²) in [6.45, 7) is 1.03. The molecule has 3 rings (SSSR count). The maximum Gasteiger partial charge on any atom is 0.226 e. The zero-order valence-corrected chi connectivity index (χ0v) is 12.5. The molecule has 0 aliphatic carbocycles. The molecule has 1 aromatic carbocycles. The van der Waals surface area contributed by atoms with Gasteiger partial charge in [0.15, 0.2) is 0 Å². The van der Waals surface area contributed by atoms with E-state index >= 15 is 0 Å². The molecule has 1 saturated heterocycles. The van der Waals surface area contributed by atoms with Crippen molar-refractivity contribution in [2.75, 3.05) is 11.9 Å². The lowest BCUT2D eigenvalue weighted by atomic mass is 10.1. The topological polar surface area (TPSA) is 66.9 Å². The maximum atomic E-state index is 11.9. The predicted octanol–water partition coefficient (Wildman–Crippen LogP) is 2.53. The van der Waals surface area contributed by atoms with Gasteiger partial charge in [-0.05, 0) is 31.4 Å². The Hall–Kier alpha value is -1.79. The van der Waals surface area contributed by atoms with Gasteiger partial charge in [0.2, 0.25) is 11.0 Å². The summed E-state index contributed by atoms with van der Waals surface area (Å²) >= 11 is 1.46. The second-order valence-corrected chi connectivity index (χ2v) is 6.14. The number of amides is 1. The van der Waals surface area contributed by atoms with E-state index in [1.165, 1.54) is 23.3 Å². The second kappa shape index (κ2) is 6.78. The van der Waals surface area contributed by atoms with Crippen molar-refractivity contribution in [2.45, 2.75) is 31.7 Å². The van der Waals surface area contributed by atoms with Gasteiger partial charge in [0.1, 0.15) is 5.01 Å². The molecule has 0 radical (unpaired) electrons. The van der Waals surface area contributed by atoms with Crippen LogP contribution in [0.2, 0.25) is 0 Å². The van der Waals surface area contributed by atoms with E-state index in [1.807, 2.05) is 30.3 Å². The number of hydrogen-bond acceptors (Lipinski definition) is 5. The van der Waals surface area contributed by atoms with Crippen molar-refractivity contribution in [1.29, 1.82) is 0 Å². The Kier molecular flexibility index (Phi) is 4.57. The molecule has 110 valence electrons. The highest BCUT2D eigenvalue weighted by atomic mass is 32.1. The minimum atomic E-state index is -0.0130. The van der Waals surface area contributed by atoms with Gasteiger partial charge in [0, 0.05) is 6.42 Å². The summed E-state index contributed by atoms with van der Waals surface area (Å²) in [6, 6.07) is 10.3. The van der Waals surface area contributed by atoms with Gasteiger partial charge in [-0.25, -0.2) is 0 Å². The summed E-state index contributed by atoms with van der Waals surface area (Å²) in [5.41, 5.74) is 1.17. The van der Waals surface area contributed by atoms with Crippen molar-refractivity contribution < 1.29 is 4.79 Å². The zero-order valence-electron chi connectivity index (χ0n) is 11.7. The number of carbonyl (C=O) groups excluding carboxylic acids is 1. The summed E-state index contributed by atoms with van der Waals surface area (Å²) in [6.07, 6.45) is 3.46. The third-order valence-electron chi connectivity index (χ3n) is 3.53. The quantitative estimate of drug-likeness (QED) is 0.890. The SMILES string of the molecule is O=C(CCc1ccccc1)Nc1nnc(C2CCCN2)s1. The molecule has 1 aromatic heterocycles. The molecule has 21 heavy (non-hydrogen) atoms. The molecule has 0 saturated carbocycles. The lowest BCUT2D eigenvalue weighted by molar-refractivity contribution is -0.116. The van der Waals surface area contributed by atoms with Gasteiger partial charge >= 0.3 is 0 Å². The number of anilines is 1. The largest absolute Gasteiger partial charge is 0.308 e. The van der Waals surface area contributed by atoms with Crippen molar-refractivity contribution in [3.8, 4) is 0 Å². The van der Waals surface area contributed by atoms with Crippen LogP contribution in [0.5, 0.6) is 0 Å². The molecular formula is C15H18N4OS. The molecule has 0 bridgehead atoms. The number of aryl methyl sites for hydroxylation is 1. The number of carbonyl (C=O) groups is 1. The summed E-state index contributed by atoms with van der Waals surface area (Å²) in [4.78, 5) is 11.9. The van der Waals surface area contributed by atoms with Gasteiger partial charge in [-0.3, -0.25) is 4.79 Å². The Morgan fingerprint density at radius 3 is 2.95 bits per heavy atom. The Morgan fingerprint density at radius 1 is 1.33 bits per heavy atom. The first-order valence-electron chi connectivity index (χ1n) is 7.22. The van der Waals surface area contributed by atoms with Gasteiger partial charge in [0.05, 0.1) is 6.04 Å². The van der Waals surface area contributed by atoms with E-state index < -0.39 is 0 Å². The van der Waals surface area contributed by atoms with Crippen LogP contribution < -0.4 is 10.6 Å². The van der Waals surface area contributed by atoms with Crippen molar-refractivity contribution in [1.82, 2.24) is 15.5 Å². The molecule has 1 amide bonds. The normalized spacial score (nSPS) is 17.8. The van der Waals surface area contributed by atoms with Gasteiger partial charge in [-0.15, -0.1) is 10.2 Å². The first kappa shape index (κ1) is 14.2. The van der Waals surface area contributed by atoms with Crippen molar-refractivity contribution in [3.63, 3.8) is 0 Å². The van der Waals surface area contributed by atoms with Gasteiger partial charge < -0.3 is 10.6 Å². The fraction of sp³-hybridized carbons (Fsp3) is 0.400. The molecule has 2 N–H and O–H groups in total. The number of benzene rings is 1. The van der Waals surface area contributed by atoms with Crippen LogP contribution in [-0.4, -0.2) is 22.6 Å². The van der Waals surface area contributed by atoms with Crippen LogP contribution in [0.1, 0.15) is 35.9 Å². The molecule has 2 heterocycles. The number of rotatable bonds is 5. The zero-order chi connectivity index (χ0) is 14.5. The average Bonchev–Trinajstić information content (AvgIpc) is 3.17. The van der Waals surface area contributed by atoms with Gasteiger partial charge in [0.25, 0.3) is 0 Å². The fourth-order valence-electron chi connectivity index (χ4n) is 2.41. The minimum Gasteiger partial charge on any atom is -0.308 e. The standard InChI is InChI=1S/C15H18N4OS/c20-13(9-8-11-5-2-1-3-6-11)17-15-19-18-14(21-15)12-7-4-10-16-12/h1-3,5-6,12,16H,4,7-10H2,(H,17,19,20). The van der Waals surface area contributed by atoms with E-state index in [2.05, 4.69) is 20.8 Å². The Bertz CT molecular complexity index is 593. The number of nitrogens with one attached hydrogen (secondary N) is 2. The summed E-state index contributed by atoms with van der Waals surface area (Å²) < 4.78 is 0. The van der Waals surface area contributed by atoms with Crippen molar-refractivity contribution in [2.24, 2.45) is 0 Å². The van der Waals surface area contributed by atoms with Crippen LogP contribution in [-0.2, 0) is 11.2 Å². The lowest BCUT2D eigenvalue weighted by Crippen LogP contribution is -2.12. The van der Waals surface area contributed by atoms with Crippen LogP contribution >= 0.6 is 11.3 Å². The third-order valence-corrected chi connectivity index (χ3v) is 4.48. The smallest absolute Gasteiger partial charge is 0.226 e.